The molecule has 0 aliphatic rings. The van der Waals surface area contributed by atoms with Gasteiger partial charge in [0.15, 0.2) is 0 Å². The number of hydrogen-bond donors (Lipinski definition) is 0. The summed E-state index contributed by atoms with van der Waals surface area (Å²) < 4.78 is 5.97. The standard InChI is InChI=1S/C17H20O/c1-12-7-6-10-17(15(12)4)18-11-16-13(2)8-5-9-14(16)3/h5-10H,11H2,1-4H3. The molecule has 0 aliphatic heterocycles. The highest BCUT2D eigenvalue weighted by atomic mass is 16.5. The van der Waals surface area contributed by atoms with Crippen molar-refractivity contribution in [3.8, 4) is 5.75 Å². The van der Waals surface area contributed by atoms with Gasteiger partial charge in [-0.1, -0.05) is 30.3 Å². The Morgan fingerprint density at radius 3 is 2.00 bits per heavy atom. The zero-order valence-corrected chi connectivity index (χ0v) is 11.6. The van der Waals surface area contributed by atoms with Crippen LogP contribution in [0.5, 0.6) is 5.75 Å². The Morgan fingerprint density at radius 2 is 1.33 bits per heavy atom. The van der Waals surface area contributed by atoms with Gasteiger partial charge < -0.3 is 4.74 Å². The molecule has 0 saturated carbocycles. The monoisotopic (exact) mass is 240 g/mol. The van der Waals surface area contributed by atoms with Crippen molar-refractivity contribution in [3.63, 3.8) is 0 Å². The fourth-order valence-corrected chi connectivity index (χ4v) is 2.11. The summed E-state index contributed by atoms with van der Waals surface area (Å²) in [5, 5.41) is 0. The van der Waals surface area contributed by atoms with Crippen LogP contribution < -0.4 is 4.74 Å². The van der Waals surface area contributed by atoms with Gasteiger partial charge in [0, 0.05) is 0 Å². The largest absolute Gasteiger partial charge is 0.489 e. The molecule has 0 unspecified atom stereocenters. The van der Waals surface area contributed by atoms with Crippen molar-refractivity contribution in [1.29, 1.82) is 0 Å². The maximum absolute atomic E-state index is 5.97. The molecule has 0 aromatic heterocycles. The van der Waals surface area contributed by atoms with Crippen LogP contribution in [-0.2, 0) is 6.61 Å². The van der Waals surface area contributed by atoms with Crippen LogP contribution in [-0.4, -0.2) is 0 Å². The summed E-state index contributed by atoms with van der Waals surface area (Å²) >= 11 is 0. The Morgan fingerprint density at radius 1 is 0.778 bits per heavy atom. The van der Waals surface area contributed by atoms with Crippen molar-refractivity contribution in [1.82, 2.24) is 0 Å². The van der Waals surface area contributed by atoms with E-state index in [1.54, 1.807) is 0 Å². The Labute approximate surface area is 109 Å². The van der Waals surface area contributed by atoms with Gasteiger partial charge in [-0.05, 0) is 61.6 Å². The summed E-state index contributed by atoms with van der Waals surface area (Å²) in [4.78, 5) is 0. The zero-order chi connectivity index (χ0) is 13.1. The molecule has 0 fully saturated rings. The van der Waals surface area contributed by atoms with Crippen molar-refractivity contribution >= 4 is 0 Å². The molecule has 2 aromatic carbocycles. The van der Waals surface area contributed by atoms with Crippen LogP contribution in [0.2, 0.25) is 0 Å². The topological polar surface area (TPSA) is 9.23 Å². The van der Waals surface area contributed by atoms with Gasteiger partial charge in [-0.2, -0.15) is 0 Å². The van der Waals surface area contributed by atoms with Gasteiger partial charge in [-0.15, -0.1) is 0 Å². The van der Waals surface area contributed by atoms with Crippen LogP contribution in [0.3, 0.4) is 0 Å². The average Bonchev–Trinajstić information content (AvgIpc) is 2.33. The summed E-state index contributed by atoms with van der Waals surface area (Å²) in [6.07, 6.45) is 0. The fraction of sp³-hybridized carbons (Fsp3) is 0.294. The van der Waals surface area contributed by atoms with E-state index in [4.69, 9.17) is 4.74 Å². The van der Waals surface area contributed by atoms with Crippen molar-refractivity contribution in [2.24, 2.45) is 0 Å². The second-order valence-electron chi connectivity index (χ2n) is 4.86. The van der Waals surface area contributed by atoms with Crippen LogP contribution in [0.15, 0.2) is 36.4 Å². The SMILES string of the molecule is Cc1cccc(OCc2c(C)cccc2C)c1C. The van der Waals surface area contributed by atoms with Gasteiger partial charge in [0.05, 0.1) is 0 Å². The Kier molecular flexibility index (Phi) is 3.71. The Balaban J connectivity index is 2.19. The van der Waals surface area contributed by atoms with Gasteiger partial charge in [-0.25, -0.2) is 0 Å². The molecule has 0 saturated heterocycles. The number of aryl methyl sites for hydroxylation is 3. The van der Waals surface area contributed by atoms with Crippen LogP contribution in [0, 0.1) is 27.7 Å². The molecule has 1 heteroatoms. The molecule has 18 heavy (non-hydrogen) atoms. The minimum Gasteiger partial charge on any atom is -0.489 e. The second kappa shape index (κ2) is 5.26. The number of ether oxygens (including phenoxy) is 1. The first-order valence-corrected chi connectivity index (χ1v) is 6.33. The predicted molar refractivity (Wildman–Crippen MR) is 76.2 cm³/mol. The van der Waals surface area contributed by atoms with Gasteiger partial charge in [-0.3, -0.25) is 0 Å². The van der Waals surface area contributed by atoms with E-state index >= 15 is 0 Å². The summed E-state index contributed by atoms with van der Waals surface area (Å²) in [7, 11) is 0. The summed E-state index contributed by atoms with van der Waals surface area (Å²) in [6.45, 7) is 9.13. The van der Waals surface area contributed by atoms with Crippen LogP contribution in [0.4, 0.5) is 0 Å². The van der Waals surface area contributed by atoms with Gasteiger partial charge >= 0.3 is 0 Å². The molecule has 2 rings (SSSR count). The van der Waals surface area contributed by atoms with Crippen LogP contribution >= 0.6 is 0 Å². The van der Waals surface area contributed by atoms with E-state index in [0.29, 0.717) is 6.61 Å². The van der Waals surface area contributed by atoms with E-state index < -0.39 is 0 Å². The minimum absolute atomic E-state index is 0.642. The molecule has 1 nitrogen and oxygen atoms in total. The maximum atomic E-state index is 5.97. The lowest BCUT2D eigenvalue weighted by atomic mass is 10.0. The van der Waals surface area contributed by atoms with E-state index in [9.17, 15) is 0 Å². The summed E-state index contributed by atoms with van der Waals surface area (Å²) in [5.41, 5.74) is 6.37. The zero-order valence-electron chi connectivity index (χ0n) is 11.6. The molecule has 0 heterocycles. The lowest BCUT2D eigenvalue weighted by Crippen LogP contribution is -2.02. The molecule has 0 N–H and O–H groups in total. The van der Waals surface area contributed by atoms with Crippen LogP contribution in [0.1, 0.15) is 27.8 Å². The molecule has 0 spiro atoms. The first-order chi connectivity index (χ1) is 8.59. The predicted octanol–water partition coefficient (Wildman–Crippen LogP) is 4.50. The molecular weight excluding hydrogens is 220 g/mol. The number of benzene rings is 2. The van der Waals surface area contributed by atoms with E-state index in [1.165, 1.54) is 27.8 Å². The molecular formula is C17H20O. The van der Waals surface area contributed by atoms with Crippen molar-refractivity contribution in [2.75, 3.05) is 0 Å². The minimum atomic E-state index is 0.642. The van der Waals surface area contributed by atoms with E-state index in [-0.39, 0.29) is 0 Å². The smallest absolute Gasteiger partial charge is 0.122 e. The highest BCUT2D eigenvalue weighted by Crippen LogP contribution is 2.23. The van der Waals surface area contributed by atoms with Gasteiger partial charge in [0.1, 0.15) is 12.4 Å². The normalized spacial score (nSPS) is 10.4. The van der Waals surface area contributed by atoms with Crippen molar-refractivity contribution in [3.05, 3.63) is 64.2 Å². The third kappa shape index (κ3) is 2.56. The molecule has 0 atom stereocenters. The lowest BCUT2D eigenvalue weighted by molar-refractivity contribution is 0.302. The van der Waals surface area contributed by atoms with E-state index in [0.717, 1.165) is 5.75 Å². The van der Waals surface area contributed by atoms with Gasteiger partial charge in [0.25, 0.3) is 0 Å². The first-order valence-electron chi connectivity index (χ1n) is 6.33. The number of rotatable bonds is 3. The third-order valence-electron chi connectivity index (χ3n) is 3.57. The Bertz CT molecular complexity index is 535. The molecule has 0 amide bonds. The van der Waals surface area contributed by atoms with E-state index in [1.807, 2.05) is 12.1 Å². The molecule has 94 valence electrons. The average molecular weight is 240 g/mol. The fourth-order valence-electron chi connectivity index (χ4n) is 2.11. The first kappa shape index (κ1) is 12.7. The highest BCUT2D eigenvalue weighted by Gasteiger charge is 2.05. The second-order valence-corrected chi connectivity index (χ2v) is 4.86. The lowest BCUT2D eigenvalue weighted by Gasteiger charge is -2.14. The molecule has 0 radical (unpaired) electrons. The van der Waals surface area contributed by atoms with Crippen molar-refractivity contribution in [2.45, 2.75) is 34.3 Å². The van der Waals surface area contributed by atoms with Crippen LogP contribution in [0.25, 0.3) is 0 Å². The third-order valence-corrected chi connectivity index (χ3v) is 3.57. The van der Waals surface area contributed by atoms with Gasteiger partial charge in [0.2, 0.25) is 0 Å². The van der Waals surface area contributed by atoms with E-state index in [2.05, 4.69) is 52.0 Å². The summed E-state index contributed by atoms with van der Waals surface area (Å²) in [6, 6.07) is 12.6. The van der Waals surface area contributed by atoms with Crippen molar-refractivity contribution < 1.29 is 4.74 Å². The number of hydrogen-bond acceptors (Lipinski definition) is 1. The Hall–Kier alpha value is -1.76. The molecule has 0 bridgehead atoms. The maximum Gasteiger partial charge on any atom is 0.122 e. The quantitative estimate of drug-likeness (QED) is 0.767. The highest BCUT2D eigenvalue weighted by molar-refractivity contribution is 5.39. The molecule has 0 aliphatic carbocycles. The molecule has 2 aromatic rings. The summed E-state index contributed by atoms with van der Waals surface area (Å²) in [5.74, 6) is 0.984.